The standard InChI is InChI=1S/C16H18FN3O5/c1-23-15(24-2)13-7-19(9-18-13)14-4-3-10(5-12(14)17)20-6-11(8-21)25-16(20)22/h3-5,7,9,11,15,21H,6,8H2,1-2H3/t11-/m1/s1. The average Bonchev–Trinajstić information content (AvgIpc) is 3.23. The Bertz CT molecular complexity index is 762. The van der Waals surface area contributed by atoms with Gasteiger partial charge in [0.1, 0.15) is 17.6 Å². The van der Waals surface area contributed by atoms with Crippen molar-refractivity contribution in [2.75, 3.05) is 32.3 Å². The molecule has 3 rings (SSSR count). The Kier molecular flexibility index (Phi) is 4.98. The summed E-state index contributed by atoms with van der Waals surface area (Å²) >= 11 is 0. The molecule has 2 heterocycles. The second-order valence-corrected chi connectivity index (χ2v) is 5.44. The highest BCUT2D eigenvalue weighted by Crippen LogP contribution is 2.26. The Balaban J connectivity index is 1.84. The van der Waals surface area contributed by atoms with Gasteiger partial charge < -0.3 is 23.9 Å². The number of benzene rings is 1. The van der Waals surface area contributed by atoms with Gasteiger partial charge in [-0.3, -0.25) is 4.90 Å². The van der Waals surface area contributed by atoms with Crippen molar-refractivity contribution in [3.63, 3.8) is 0 Å². The molecule has 0 spiro atoms. The number of ether oxygens (including phenoxy) is 3. The van der Waals surface area contributed by atoms with Crippen LogP contribution in [-0.4, -0.2) is 54.2 Å². The van der Waals surface area contributed by atoms with Crippen molar-refractivity contribution in [3.8, 4) is 5.69 Å². The number of hydrogen-bond donors (Lipinski definition) is 1. The Morgan fingerprint density at radius 2 is 2.20 bits per heavy atom. The molecule has 1 aliphatic heterocycles. The zero-order valence-corrected chi connectivity index (χ0v) is 13.8. The van der Waals surface area contributed by atoms with Gasteiger partial charge in [-0.2, -0.15) is 0 Å². The Hall–Kier alpha value is -2.49. The number of carbonyl (C=O) groups excluding carboxylic acids is 1. The van der Waals surface area contributed by atoms with Gasteiger partial charge in [0.2, 0.25) is 6.29 Å². The van der Waals surface area contributed by atoms with E-state index < -0.39 is 24.3 Å². The van der Waals surface area contributed by atoms with Crippen LogP contribution in [0.2, 0.25) is 0 Å². The molecule has 0 unspecified atom stereocenters. The third kappa shape index (κ3) is 3.34. The zero-order chi connectivity index (χ0) is 18.0. The van der Waals surface area contributed by atoms with Crippen molar-refractivity contribution in [2.24, 2.45) is 0 Å². The predicted molar refractivity (Wildman–Crippen MR) is 85.0 cm³/mol. The van der Waals surface area contributed by atoms with Crippen molar-refractivity contribution in [1.82, 2.24) is 9.55 Å². The first-order chi connectivity index (χ1) is 12.1. The monoisotopic (exact) mass is 351 g/mol. The molecule has 1 amide bonds. The molecule has 0 saturated carbocycles. The molecule has 1 fully saturated rings. The predicted octanol–water partition coefficient (Wildman–Crippen LogP) is 1.62. The number of hydrogen-bond acceptors (Lipinski definition) is 6. The van der Waals surface area contributed by atoms with Gasteiger partial charge in [0.25, 0.3) is 0 Å². The molecule has 2 aromatic rings. The number of halogens is 1. The average molecular weight is 351 g/mol. The number of rotatable bonds is 6. The van der Waals surface area contributed by atoms with Crippen molar-refractivity contribution in [2.45, 2.75) is 12.4 Å². The summed E-state index contributed by atoms with van der Waals surface area (Å²) in [5.41, 5.74) is 1.12. The smallest absolute Gasteiger partial charge is 0.414 e. The quantitative estimate of drug-likeness (QED) is 0.796. The Labute approximate surface area is 143 Å². The fourth-order valence-corrected chi connectivity index (χ4v) is 2.63. The van der Waals surface area contributed by atoms with Crippen LogP contribution in [-0.2, 0) is 14.2 Å². The third-order valence-corrected chi connectivity index (χ3v) is 3.87. The van der Waals surface area contributed by atoms with Gasteiger partial charge in [0, 0.05) is 20.4 Å². The fraction of sp³-hybridized carbons (Fsp3) is 0.375. The maximum atomic E-state index is 14.5. The molecule has 1 aliphatic rings. The van der Waals surface area contributed by atoms with Gasteiger partial charge in [-0.15, -0.1) is 0 Å². The van der Waals surface area contributed by atoms with E-state index in [-0.39, 0.29) is 18.8 Å². The molecule has 134 valence electrons. The minimum Gasteiger partial charge on any atom is -0.441 e. The van der Waals surface area contributed by atoms with Crippen LogP contribution in [0.4, 0.5) is 14.9 Å². The normalized spacial score (nSPS) is 17.4. The summed E-state index contributed by atoms with van der Waals surface area (Å²) in [4.78, 5) is 17.2. The number of carbonyl (C=O) groups is 1. The van der Waals surface area contributed by atoms with Crippen LogP contribution >= 0.6 is 0 Å². The Morgan fingerprint density at radius 1 is 1.44 bits per heavy atom. The minimum atomic E-state index is -0.640. The number of aliphatic hydroxyl groups is 1. The number of amides is 1. The second kappa shape index (κ2) is 7.18. The molecule has 1 aromatic heterocycles. The second-order valence-electron chi connectivity index (χ2n) is 5.44. The number of aliphatic hydroxyl groups excluding tert-OH is 1. The van der Waals surface area contributed by atoms with Crippen LogP contribution in [0.5, 0.6) is 0 Å². The van der Waals surface area contributed by atoms with E-state index in [1.807, 2.05) is 0 Å². The largest absolute Gasteiger partial charge is 0.441 e. The maximum absolute atomic E-state index is 14.5. The van der Waals surface area contributed by atoms with E-state index in [0.29, 0.717) is 11.4 Å². The zero-order valence-electron chi connectivity index (χ0n) is 13.8. The van der Waals surface area contributed by atoms with Gasteiger partial charge in [-0.05, 0) is 18.2 Å². The molecule has 8 nitrogen and oxygen atoms in total. The van der Waals surface area contributed by atoms with Crippen LogP contribution in [0, 0.1) is 5.82 Å². The number of cyclic esters (lactones) is 1. The number of anilines is 1. The highest BCUT2D eigenvalue weighted by Gasteiger charge is 2.32. The molecule has 1 N–H and O–H groups in total. The summed E-state index contributed by atoms with van der Waals surface area (Å²) in [5.74, 6) is -0.534. The number of nitrogens with zero attached hydrogens (tertiary/aromatic N) is 3. The first kappa shape index (κ1) is 17.3. The van der Waals surface area contributed by atoms with Gasteiger partial charge in [0.05, 0.1) is 30.9 Å². The van der Waals surface area contributed by atoms with Gasteiger partial charge in [0.15, 0.2) is 0 Å². The van der Waals surface area contributed by atoms with Gasteiger partial charge in [-0.25, -0.2) is 14.2 Å². The summed E-state index contributed by atoms with van der Waals surface area (Å²) in [5, 5.41) is 9.07. The lowest BCUT2D eigenvalue weighted by Gasteiger charge is -2.14. The SMILES string of the molecule is COC(OC)c1cn(-c2ccc(N3C[C@H](CO)OC3=O)cc2F)cn1. The van der Waals surface area contributed by atoms with Crippen LogP contribution in [0.15, 0.2) is 30.7 Å². The molecule has 25 heavy (non-hydrogen) atoms. The minimum absolute atomic E-state index is 0.173. The van der Waals surface area contributed by atoms with Crippen LogP contribution in [0.25, 0.3) is 5.69 Å². The summed E-state index contributed by atoms with van der Waals surface area (Å²) in [6, 6.07) is 4.37. The molecule has 0 bridgehead atoms. The fourth-order valence-electron chi connectivity index (χ4n) is 2.63. The van der Waals surface area contributed by atoms with E-state index in [9.17, 15) is 9.18 Å². The molecular weight excluding hydrogens is 333 g/mol. The highest BCUT2D eigenvalue weighted by molar-refractivity contribution is 5.89. The maximum Gasteiger partial charge on any atom is 0.414 e. The molecule has 1 atom stereocenters. The van der Waals surface area contributed by atoms with Gasteiger partial charge >= 0.3 is 6.09 Å². The van der Waals surface area contributed by atoms with Crippen molar-refractivity contribution < 1.29 is 28.5 Å². The summed E-state index contributed by atoms with van der Waals surface area (Å²) in [7, 11) is 2.97. The first-order valence-corrected chi connectivity index (χ1v) is 7.55. The van der Waals surface area contributed by atoms with E-state index in [4.69, 9.17) is 19.3 Å². The molecule has 1 aromatic carbocycles. The van der Waals surface area contributed by atoms with Crippen molar-refractivity contribution in [3.05, 3.63) is 42.2 Å². The Morgan fingerprint density at radius 3 is 2.80 bits per heavy atom. The number of imidazole rings is 1. The van der Waals surface area contributed by atoms with Crippen molar-refractivity contribution in [1.29, 1.82) is 0 Å². The van der Waals surface area contributed by atoms with E-state index >= 15 is 0 Å². The van der Waals surface area contributed by atoms with E-state index in [0.717, 1.165) is 0 Å². The topological polar surface area (TPSA) is 86.0 Å². The number of methoxy groups -OCH3 is 2. The summed E-state index contributed by atoms with van der Waals surface area (Å²) in [6.45, 7) is -0.104. The molecule has 0 radical (unpaired) electrons. The lowest BCUT2D eigenvalue weighted by molar-refractivity contribution is -0.108. The summed E-state index contributed by atoms with van der Waals surface area (Å²) < 4.78 is 31.2. The third-order valence-electron chi connectivity index (χ3n) is 3.87. The highest BCUT2D eigenvalue weighted by atomic mass is 19.1. The van der Waals surface area contributed by atoms with Crippen LogP contribution in [0.3, 0.4) is 0 Å². The first-order valence-electron chi connectivity index (χ1n) is 7.55. The number of aromatic nitrogens is 2. The van der Waals surface area contributed by atoms with E-state index in [1.165, 1.54) is 42.1 Å². The molecule has 1 saturated heterocycles. The summed E-state index contributed by atoms with van der Waals surface area (Å²) in [6.07, 6.45) is 1.19. The van der Waals surface area contributed by atoms with E-state index in [1.54, 1.807) is 12.3 Å². The van der Waals surface area contributed by atoms with Crippen LogP contribution < -0.4 is 4.90 Å². The van der Waals surface area contributed by atoms with Crippen molar-refractivity contribution >= 4 is 11.8 Å². The van der Waals surface area contributed by atoms with Crippen LogP contribution in [0.1, 0.15) is 12.0 Å². The van der Waals surface area contributed by atoms with Gasteiger partial charge in [-0.1, -0.05) is 0 Å². The van der Waals surface area contributed by atoms with E-state index in [2.05, 4.69) is 4.98 Å². The lowest BCUT2D eigenvalue weighted by atomic mass is 10.2. The molecule has 0 aliphatic carbocycles. The molecular formula is C16H18FN3O5. The molecule has 9 heteroatoms. The lowest BCUT2D eigenvalue weighted by Crippen LogP contribution is -2.25.